The first-order valence-corrected chi connectivity index (χ1v) is 5.79. The average molecular weight is 219 g/mol. The van der Waals surface area contributed by atoms with Crippen molar-refractivity contribution in [3.63, 3.8) is 0 Å². The van der Waals surface area contributed by atoms with Crippen LogP contribution in [-0.4, -0.2) is 19.1 Å². The van der Waals surface area contributed by atoms with Gasteiger partial charge in [0, 0.05) is 18.9 Å². The first-order valence-electron chi connectivity index (χ1n) is 5.79. The summed E-state index contributed by atoms with van der Waals surface area (Å²) in [7, 11) is 0. The summed E-state index contributed by atoms with van der Waals surface area (Å²) in [4.78, 5) is 11.2. The van der Waals surface area contributed by atoms with Gasteiger partial charge in [0.05, 0.1) is 6.61 Å². The van der Waals surface area contributed by atoms with Crippen LogP contribution in [-0.2, 0) is 4.79 Å². The molecule has 0 saturated heterocycles. The van der Waals surface area contributed by atoms with Crippen molar-refractivity contribution in [2.24, 2.45) is 0 Å². The number of rotatable bonds is 3. The van der Waals surface area contributed by atoms with E-state index in [0.29, 0.717) is 18.9 Å². The fraction of sp³-hybridized carbons (Fsp3) is 0.462. The van der Waals surface area contributed by atoms with E-state index in [1.807, 2.05) is 25.1 Å². The molecule has 3 heteroatoms. The van der Waals surface area contributed by atoms with Crippen molar-refractivity contribution in [3.05, 3.63) is 29.8 Å². The Hall–Kier alpha value is -1.51. The van der Waals surface area contributed by atoms with Crippen LogP contribution < -0.4 is 10.1 Å². The fourth-order valence-corrected chi connectivity index (χ4v) is 1.99. The maximum Gasteiger partial charge on any atom is 0.219 e. The predicted octanol–water partition coefficient (Wildman–Crippen LogP) is 2.08. The minimum Gasteiger partial charge on any atom is -0.493 e. The maximum absolute atomic E-state index is 11.2. The zero-order chi connectivity index (χ0) is 11.4. The van der Waals surface area contributed by atoms with Gasteiger partial charge in [-0.3, -0.25) is 4.79 Å². The van der Waals surface area contributed by atoms with Crippen LogP contribution in [0.4, 0.5) is 0 Å². The molecule has 0 aromatic heterocycles. The molecule has 1 aliphatic heterocycles. The molecule has 0 spiro atoms. The van der Waals surface area contributed by atoms with E-state index >= 15 is 0 Å². The van der Waals surface area contributed by atoms with Gasteiger partial charge in [-0.05, 0) is 18.1 Å². The van der Waals surface area contributed by atoms with Crippen molar-refractivity contribution < 1.29 is 9.53 Å². The van der Waals surface area contributed by atoms with E-state index in [2.05, 4.69) is 11.4 Å². The molecule has 1 N–H and O–H groups in total. The quantitative estimate of drug-likeness (QED) is 0.845. The molecule has 0 radical (unpaired) electrons. The molecular weight excluding hydrogens is 202 g/mol. The molecule has 86 valence electrons. The predicted molar refractivity (Wildman–Crippen MR) is 62.6 cm³/mol. The Labute approximate surface area is 95.8 Å². The molecule has 16 heavy (non-hydrogen) atoms. The summed E-state index contributed by atoms with van der Waals surface area (Å²) < 4.78 is 5.57. The second-order valence-electron chi connectivity index (χ2n) is 4.03. The lowest BCUT2D eigenvalue weighted by Gasteiger charge is -2.25. The van der Waals surface area contributed by atoms with Gasteiger partial charge in [0.1, 0.15) is 5.75 Å². The SMILES string of the molecule is CCC(=O)NCC1CCOc2ccccc21. The van der Waals surface area contributed by atoms with Crippen molar-refractivity contribution in [1.29, 1.82) is 0 Å². The van der Waals surface area contributed by atoms with Crippen LogP contribution in [0.5, 0.6) is 5.75 Å². The van der Waals surface area contributed by atoms with Gasteiger partial charge in [-0.2, -0.15) is 0 Å². The number of nitrogens with one attached hydrogen (secondary N) is 1. The number of benzene rings is 1. The fourth-order valence-electron chi connectivity index (χ4n) is 1.99. The number of para-hydroxylation sites is 1. The van der Waals surface area contributed by atoms with Crippen LogP contribution in [0.25, 0.3) is 0 Å². The summed E-state index contributed by atoms with van der Waals surface area (Å²) in [6.07, 6.45) is 1.52. The normalized spacial score (nSPS) is 18.4. The smallest absolute Gasteiger partial charge is 0.219 e. The highest BCUT2D eigenvalue weighted by Gasteiger charge is 2.20. The van der Waals surface area contributed by atoms with Gasteiger partial charge in [-0.15, -0.1) is 0 Å². The average Bonchev–Trinajstić information content (AvgIpc) is 2.35. The molecule has 3 nitrogen and oxygen atoms in total. The zero-order valence-corrected chi connectivity index (χ0v) is 9.53. The molecule has 1 aliphatic rings. The largest absolute Gasteiger partial charge is 0.493 e. The Kier molecular flexibility index (Phi) is 3.44. The van der Waals surface area contributed by atoms with Crippen LogP contribution in [0.15, 0.2) is 24.3 Å². The highest BCUT2D eigenvalue weighted by molar-refractivity contribution is 5.75. The number of fused-ring (bicyclic) bond motifs is 1. The standard InChI is InChI=1S/C13H17NO2/c1-2-13(15)14-9-10-7-8-16-12-6-4-3-5-11(10)12/h3-6,10H,2,7-9H2,1H3,(H,14,15). The maximum atomic E-state index is 11.2. The molecule has 0 saturated carbocycles. The molecule has 0 bridgehead atoms. The minimum atomic E-state index is 0.115. The van der Waals surface area contributed by atoms with Gasteiger partial charge >= 0.3 is 0 Å². The molecule has 1 unspecified atom stereocenters. The molecule has 0 aliphatic carbocycles. The third kappa shape index (κ3) is 2.35. The molecule has 1 atom stereocenters. The molecule has 0 fully saturated rings. The minimum absolute atomic E-state index is 0.115. The van der Waals surface area contributed by atoms with Gasteiger partial charge < -0.3 is 10.1 Å². The van der Waals surface area contributed by atoms with Gasteiger partial charge in [0.15, 0.2) is 0 Å². The van der Waals surface area contributed by atoms with Crippen molar-refractivity contribution in [2.45, 2.75) is 25.7 Å². The highest BCUT2D eigenvalue weighted by atomic mass is 16.5. The van der Waals surface area contributed by atoms with Gasteiger partial charge in [-0.25, -0.2) is 0 Å². The molecule has 1 heterocycles. The van der Waals surface area contributed by atoms with Crippen molar-refractivity contribution in [3.8, 4) is 5.75 Å². The van der Waals surface area contributed by atoms with E-state index in [-0.39, 0.29) is 5.91 Å². The Morgan fingerprint density at radius 2 is 2.31 bits per heavy atom. The lowest BCUT2D eigenvalue weighted by atomic mass is 9.93. The second kappa shape index (κ2) is 5.01. The second-order valence-corrected chi connectivity index (χ2v) is 4.03. The Bertz CT molecular complexity index is 376. The van der Waals surface area contributed by atoms with Crippen LogP contribution in [0.1, 0.15) is 31.2 Å². The lowest BCUT2D eigenvalue weighted by molar-refractivity contribution is -0.120. The van der Waals surface area contributed by atoms with E-state index in [9.17, 15) is 4.79 Å². The summed E-state index contributed by atoms with van der Waals surface area (Å²) in [6.45, 7) is 3.32. The Morgan fingerprint density at radius 3 is 3.12 bits per heavy atom. The number of hydrogen-bond donors (Lipinski definition) is 1. The molecule has 2 rings (SSSR count). The highest BCUT2D eigenvalue weighted by Crippen LogP contribution is 2.32. The van der Waals surface area contributed by atoms with Crippen LogP contribution >= 0.6 is 0 Å². The van der Waals surface area contributed by atoms with Crippen molar-refractivity contribution >= 4 is 5.91 Å². The third-order valence-corrected chi connectivity index (χ3v) is 2.95. The number of hydrogen-bond acceptors (Lipinski definition) is 2. The summed E-state index contributed by atoms with van der Waals surface area (Å²) >= 11 is 0. The van der Waals surface area contributed by atoms with Crippen molar-refractivity contribution in [1.82, 2.24) is 5.32 Å². The van der Waals surface area contributed by atoms with Gasteiger partial charge in [0.2, 0.25) is 5.91 Å². The van der Waals surface area contributed by atoms with Crippen LogP contribution in [0, 0.1) is 0 Å². The molecular formula is C13H17NO2. The van der Waals surface area contributed by atoms with Gasteiger partial charge in [0.25, 0.3) is 0 Å². The molecule has 1 aromatic rings. The zero-order valence-electron chi connectivity index (χ0n) is 9.53. The van der Waals surface area contributed by atoms with E-state index in [1.165, 1.54) is 5.56 Å². The van der Waals surface area contributed by atoms with Gasteiger partial charge in [-0.1, -0.05) is 25.1 Å². The number of amides is 1. The Balaban J connectivity index is 2.04. The monoisotopic (exact) mass is 219 g/mol. The van der Waals surface area contributed by atoms with Crippen molar-refractivity contribution in [2.75, 3.05) is 13.2 Å². The summed E-state index contributed by atoms with van der Waals surface area (Å²) in [5.41, 5.74) is 1.21. The third-order valence-electron chi connectivity index (χ3n) is 2.95. The summed E-state index contributed by atoms with van der Waals surface area (Å²) in [5, 5.41) is 2.95. The number of ether oxygens (including phenoxy) is 1. The van der Waals surface area contributed by atoms with E-state index < -0.39 is 0 Å². The topological polar surface area (TPSA) is 38.3 Å². The Morgan fingerprint density at radius 1 is 1.50 bits per heavy atom. The van der Waals surface area contributed by atoms with Crippen LogP contribution in [0.3, 0.4) is 0 Å². The molecule has 1 amide bonds. The number of carbonyl (C=O) groups excluding carboxylic acids is 1. The summed E-state index contributed by atoms with van der Waals surface area (Å²) in [5.74, 6) is 1.47. The first-order chi connectivity index (χ1) is 7.81. The first kappa shape index (κ1) is 11.0. The number of carbonyl (C=O) groups is 1. The summed E-state index contributed by atoms with van der Waals surface area (Å²) in [6, 6.07) is 8.06. The van der Waals surface area contributed by atoms with E-state index in [0.717, 1.165) is 18.8 Å². The molecule has 1 aromatic carbocycles. The van der Waals surface area contributed by atoms with E-state index in [4.69, 9.17) is 4.74 Å². The van der Waals surface area contributed by atoms with Crippen LogP contribution in [0.2, 0.25) is 0 Å². The lowest BCUT2D eigenvalue weighted by Crippen LogP contribution is -2.30. The van der Waals surface area contributed by atoms with E-state index in [1.54, 1.807) is 0 Å².